The quantitative estimate of drug-likeness (QED) is 0.203. The number of benzene rings is 2. The Hall–Kier alpha value is -4.41. The summed E-state index contributed by atoms with van der Waals surface area (Å²) in [6, 6.07) is 13.4. The second-order valence-corrected chi connectivity index (χ2v) is 7.98. The van der Waals surface area contributed by atoms with Crippen molar-refractivity contribution in [1.29, 1.82) is 0 Å². The highest BCUT2D eigenvalue weighted by Crippen LogP contribution is 2.26. The van der Waals surface area contributed by atoms with Crippen molar-refractivity contribution in [2.24, 2.45) is 0 Å². The monoisotopic (exact) mass is 499 g/mol. The molecule has 0 radical (unpaired) electrons. The van der Waals surface area contributed by atoms with Crippen molar-refractivity contribution in [3.05, 3.63) is 99.8 Å². The van der Waals surface area contributed by atoms with Crippen molar-refractivity contribution >= 4 is 17.9 Å². The highest BCUT2D eigenvalue weighted by molar-refractivity contribution is 5.66. The number of anilines is 2. The minimum Gasteiger partial charge on any atom is -0.457 e. The number of carbonyl (C=O) groups excluding carboxylic acids is 1. The first-order chi connectivity index (χ1) is 17.1. The lowest BCUT2D eigenvalue weighted by Gasteiger charge is -2.15. The van der Waals surface area contributed by atoms with E-state index < -0.39 is 17.4 Å². The fraction of sp³-hybridized carbons (Fsp3) is 0.200. The lowest BCUT2D eigenvalue weighted by molar-refractivity contribution is -0.143. The number of aryl methyl sites for hydroxylation is 1. The molecule has 0 unspecified atom stereocenters. The Morgan fingerprint density at radius 1 is 1.08 bits per heavy atom. The zero-order valence-corrected chi connectivity index (χ0v) is 19.8. The Labute approximate surface area is 205 Å². The predicted octanol–water partition coefficient (Wildman–Crippen LogP) is 4.29. The molecule has 0 bridgehead atoms. The molecular weight excluding hydrogens is 475 g/mol. The van der Waals surface area contributed by atoms with E-state index >= 15 is 0 Å². The third-order valence-corrected chi connectivity index (χ3v) is 4.79. The number of carbonyl (C=O) groups is 1. The van der Waals surface area contributed by atoms with Gasteiger partial charge in [0.05, 0.1) is 6.54 Å². The molecule has 0 aliphatic carbocycles. The van der Waals surface area contributed by atoms with Crippen LogP contribution in [0.1, 0.15) is 16.8 Å². The first-order valence-corrected chi connectivity index (χ1v) is 10.7. The van der Waals surface area contributed by atoms with Gasteiger partial charge in [-0.2, -0.15) is 13.2 Å². The molecule has 1 aromatic heterocycles. The molecule has 0 aliphatic rings. The number of nitrogens with zero attached hydrogens (tertiary/aromatic N) is 4. The highest BCUT2D eigenvalue weighted by Gasteiger charge is 2.38. The minimum absolute atomic E-state index is 0.140. The second kappa shape index (κ2) is 11.3. The van der Waals surface area contributed by atoms with Crippen LogP contribution >= 0.6 is 0 Å². The van der Waals surface area contributed by atoms with Crippen LogP contribution < -0.4 is 15.6 Å². The normalized spacial score (nSPS) is 12.0. The van der Waals surface area contributed by atoms with Crippen LogP contribution in [0, 0.1) is 6.92 Å². The van der Waals surface area contributed by atoms with Gasteiger partial charge in [-0.05, 0) is 42.8 Å². The summed E-state index contributed by atoms with van der Waals surface area (Å²) < 4.78 is 46.5. The Balaban J connectivity index is 1.89. The maximum atomic E-state index is 13.3. The van der Waals surface area contributed by atoms with Crippen LogP contribution in [0.3, 0.4) is 0 Å². The smallest absolute Gasteiger partial charge is 0.440 e. The third kappa shape index (κ3) is 7.05. The van der Waals surface area contributed by atoms with Crippen LogP contribution in [-0.2, 0) is 17.5 Å². The zero-order chi connectivity index (χ0) is 26.3. The molecule has 2 aromatic carbocycles. The molecule has 0 saturated heterocycles. The van der Waals surface area contributed by atoms with Crippen LogP contribution in [0.15, 0.2) is 77.4 Å². The van der Waals surface area contributed by atoms with E-state index in [1.165, 1.54) is 6.08 Å². The SMILES string of the molecule is Cc1ccc(Cn2c(Nc3ccc(O/C(C=CN(C)C)=C/C=O)cc3)nnc(C(F)(F)F)c2=O)cc1. The lowest BCUT2D eigenvalue weighted by Crippen LogP contribution is -2.33. The van der Waals surface area contributed by atoms with Crippen LogP contribution in [0.2, 0.25) is 0 Å². The molecule has 0 spiro atoms. The zero-order valence-electron chi connectivity index (χ0n) is 19.8. The summed E-state index contributed by atoms with van der Waals surface area (Å²) in [5.74, 6) is 0.560. The van der Waals surface area contributed by atoms with E-state index in [1.807, 2.05) is 21.0 Å². The fourth-order valence-corrected chi connectivity index (χ4v) is 3.00. The topological polar surface area (TPSA) is 89.3 Å². The number of nitrogens with one attached hydrogen (secondary N) is 1. The molecule has 188 valence electrons. The van der Waals surface area contributed by atoms with Gasteiger partial charge in [0, 0.05) is 32.1 Å². The lowest BCUT2D eigenvalue weighted by atomic mass is 10.1. The van der Waals surface area contributed by atoms with Gasteiger partial charge in [0.1, 0.15) is 17.8 Å². The Bertz CT molecular complexity index is 1310. The molecule has 3 rings (SSSR count). The van der Waals surface area contributed by atoms with E-state index in [0.717, 1.165) is 10.1 Å². The van der Waals surface area contributed by atoms with Crippen molar-refractivity contribution in [1.82, 2.24) is 19.7 Å². The third-order valence-electron chi connectivity index (χ3n) is 4.79. The number of halogens is 3. The van der Waals surface area contributed by atoms with Crippen molar-refractivity contribution in [2.75, 3.05) is 19.4 Å². The van der Waals surface area contributed by atoms with Crippen LogP contribution in [0.5, 0.6) is 5.75 Å². The molecule has 0 saturated carbocycles. The number of rotatable bonds is 9. The Morgan fingerprint density at radius 3 is 2.33 bits per heavy atom. The Morgan fingerprint density at radius 2 is 1.75 bits per heavy atom. The van der Waals surface area contributed by atoms with Gasteiger partial charge >= 0.3 is 6.18 Å². The van der Waals surface area contributed by atoms with Gasteiger partial charge in [0.25, 0.3) is 5.56 Å². The molecule has 36 heavy (non-hydrogen) atoms. The Kier molecular flexibility index (Phi) is 8.26. The number of aldehydes is 1. The van der Waals surface area contributed by atoms with Crippen molar-refractivity contribution in [2.45, 2.75) is 19.6 Å². The number of hydrogen-bond donors (Lipinski definition) is 1. The van der Waals surface area contributed by atoms with Crippen molar-refractivity contribution in [3.63, 3.8) is 0 Å². The maximum absolute atomic E-state index is 13.3. The van der Waals surface area contributed by atoms with E-state index in [2.05, 4.69) is 15.5 Å². The largest absolute Gasteiger partial charge is 0.457 e. The van der Waals surface area contributed by atoms with E-state index in [1.54, 1.807) is 65.7 Å². The summed E-state index contributed by atoms with van der Waals surface area (Å²) in [4.78, 5) is 25.3. The van der Waals surface area contributed by atoms with Gasteiger partial charge in [-0.1, -0.05) is 29.8 Å². The summed E-state index contributed by atoms with van der Waals surface area (Å²) >= 11 is 0. The fourth-order valence-electron chi connectivity index (χ4n) is 3.00. The molecular formula is C25H24F3N5O3. The second-order valence-electron chi connectivity index (χ2n) is 7.98. The van der Waals surface area contributed by atoms with Crippen LogP contribution in [0.25, 0.3) is 0 Å². The van der Waals surface area contributed by atoms with Gasteiger partial charge in [0.15, 0.2) is 0 Å². The summed E-state index contributed by atoms with van der Waals surface area (Å²) in [5.41, 5.74) is -0.880. The summed E-state index contributed by atoms with van der Waals surface area (Å²) in [6.07, 6.45) is 0.240. The van der Waals surface area contributed by atoms with E-state index in [4.69, 9.17) is 4.74 Å². The standard InChI is InChI=1S/C25H24F3N5O3/c1-17-4-6-18(7-5-17)16-33-23(35)22(25(26,27)28)30-31-24(33)29-19-8-10-20(11-9-19)36-21(13-15-34)12-14-32(2)3/h4-15H,16H2,1-3H3,(H,29,31)/b14-12?,21-13+. The highest BCUT2D eigenvalue weighted by atomic mass is 19.4. The number of allylic oxidation sites excluding steroid dienone is 2. The summed E-state index contributed by atoms with van der Waals surface area (Å²) in [7, 11) is 3.64. The molecule has 1 N–H and O–H groups in total. The van der Waals surface area contributed by atoms with E-state index in [9.17, 15) is 22.8 Å². The average Bonchev–Trinajstić information content (AvgIpc) is 2.81. The number of alkyl halides is 3. The number of aromatic nitrogens is 3. The molecule has 1 heterocycles. The first kappa shape index (κ1) is 26.2. The van der Waals surface area contributed by atoms with Gasteiger partial charge in [-0.25, -0.2) is 0 Å². The molecule has 0 atom stereocenters. The van der Waals surface area contributed by atoms with E-state index in [0.29, 0.717) is 29.0 Å². The minimum atomic E-state index is -4.94. The first-order valence-electron chi connectivity index (χ1n) is 10.7. The van der Waals surface area contributed by atoms with Crippen LogP contribution in [0.4, 0.5) is 24.8 Å². The molecule has 0 aliphatic heterocycles. The maximum Gasteiger partial charge on any atom is 0.440 e. The molecule has 3 aromatic rings. The van der Waals surface area contributed by atoms with Crippen molar-refractivity contribution in [3.8, 4) is 5.75 Å². The molecule has 8 nitrogen and oxygen atoms in total. The molecule has 0 fully saturated rings. The van der Waals surface area contributed by atoms with E-state index in [-0.39, 0.29) is 12.5 Å². The summed E-state index contributed by atoms with van der Waals surface area (Å²) in [5, 5.41) is 9.61. The average molecular weight is 499 g/mol. The number of ether oxygens (including phenoxy) is 1. The van der Waals surface area contributed by atoms with Crippen molar-refractivity contribution < 1.29 is 22.7 Å². The van der Waals surface area contributed by atoms with Gasteiger partial charge < -0.3 is 15.0 Å². The summed E-state index contributed by atoms with van der Waals surface area (Å²) in [6.45, 7) is 1.74. The molecule has 0 amide bonds. The van der Waals surface area contributed by atoms with Crippen LogP contribution in [-0.4, -0.2) is 40.0 Å². The van der Waals surface area contributed by atoms with Gasteiger partial charge in [-0.3, -0.25) is 14.2 Å². The predicted molar refractivity (Wildman–Crippen MR) is 129 cm³/mol. The number of hydrogen-bond acceptors (Lipinski definition) is 7. The molecule has 11 heteroatoms. The van der Waals surface area contributed by atoms with Gasteiger partial charge in [0.2, 0.25) is 11.6 Å². The van der Waals surface area contributed by atoms with Gasteiger partial charge in [-0.15, -0.1) is 10.2 Å².